The zero-order chi connectivity index (χ0) is 12.0. The van der Waals surface area contributed by atoms with Gasteiger partial charge in [-0.05, 0) is 18.2 Å². The Labute approximate surface area is 99.8 Å². The minimum absolute atomic E-state index is 0.323. The Morgan fingerprint density at radius 2 is 1.94 bits per heavy atom. The second-order valence-electron chi connectivity index (χ2n) is 3.51. The van der Waals surface area contributed by atoms with Crippen LogP contribution in [0.15, 0.2) is 24.4 Å². The van der Waals surface area contributed by atoms with Gasteiger partial charge in [0.25, 0.3) is 11.8 Å². The number of hydrogen-bond acceptors (Lipinski definition) is 6. The van der Waals surface area contributed by atoms with Gasteiger partial charge in [-0.15, -0.1) is 5.10 Å². The maximum Gasteiger partial charge on any atom is 0.266 e. The fraction of sp³-hybridized carbons (Fsp3) is 0. The first-order valence-corrected chi connectivity index (χ1v) is 5.51. The number of hydrogen-bond donors (Lipinski definition) is 1. The Balaban J connectivity index is 2.15. The van der Waals surface area contributed by atoms with E-state index in [1.165, 1.54) is 12.3 Å². The van der Waals surface area contributed by atoms with Crippen LogP contribution in [0.3, 0.4) is 0 Å². The van der Waals surface area contributed by atoms with E-state index in [4.69, 9.17) is 5.73 Å². The first-order valence-electron chi connectivity index (χ1n) is 4.74. The summed E-state index contributed by atoms with van der Waals surface area (Å²) in [4.78, 5) is 25.2. The van der Waals surface area contributed by atoms with Gasteiger partial charge in [-0.3, -0.25) is 9.59 Å². The van der Waals surface area contributed by atoms with E-state index in [2.05, 4.69) is 9.59 Å². The van der Waals surface area contributed by atoms with Gasteiger partial charge >= 0.3 is 0 Å². The van der Waals surface area contributed by atoms with Crippen molar-refractivity contribution in [2.75, 3.05) is 10.6 Å². The molecule has 0 spiro atoms. The lowest BCUT2D eigenvalue weighted by molar-refractivity contribution is 0.0927. The van der Waals surface area contributed by atoms with Crippen molar-refractivity contribution in [3.8, 4) is 0 Å². The van der Waals surface area contributed by atoms with Gasteiger partial charge in [0.2, 0.25) is 0 Å². The van der Waals surface area contributed by atoms with Crippen LogP contribution in [-0.2, 0) is 0 Å². The van der Waals surface area contributed by atoms with Crippen LogP contribution < -0.4 is 10.6 Å². The molecular weight excluding hydrogens is 240 g/mol. The molecule has 0 unspecified atom stereocenters. The van der Waals surface area contributed by atoms with Gasteiger partial charge in [0.05, 0.1) is 17.3 Å². The van der Waals surface area contributed by atoms with Crippen molar-refractivity contribution in [3.63, 3.8) is 0 Å². The van der Waals surface area contributed by atoms with Gasteiger partial charge < -0.3 is 5.73 Å². The van der Waals surface area contributed by atoms with Crippen LogP contribution in [0.2, 0.25) is 0 Å². The molecule has 7 heteroatoms. The molecule has 1 aromatic heterocycles. The molecule has 0 saturated carbocycles. The summed E-state index contributed by atoms with van der Waals surface area (Å²) >= 11 is 0.994. The molecule has 0 bridgehead atoms. The number of carbonyl (C=O) groups is 2. The lowest BCUT2D eigenvalue weighted by Gasteiger charge is -2.08. The number of benzene rings is 1. The molecule has 0 saturated heterocycles. The van der Waals surface area contributed by atoms with E-state index in [0.717, 1.165) is 16.4 Å². The summed E-state index contributed by atoms with van der Waals surface area (Å²) in [5.41, 5.74) is 6.73. The van der Waals surface area contributed by atoms with Gasteiger partial charge in [-0.25, -0.2) is 4.90 Å². The van der Waals surface area contributed by atoms with Crippen LogP contribution >= 0.6 is 11.5 Å². The highest BCUT2D eigenvalue weighted by atomic mass is 32.1. The molecule has 0 radical (unpaired) electrons. The summed E-state index contributed by atoms with van der Waals surface area (Å²) in [6.45, 7) is 0. The normalized spacial score (nSPS) is 14.2. The highest BCUT2D eigenvalue weighted by molar-refractivity contribution is 7.10. The maximum absolute atomic E-state index is 12.1. The molecule has 1 aromatic carbocycles. The molecule has 1 aliphatic heterocycles. The standard InChI is InChI=1S/C10H6N4O2S/c11-5-1-2-6-7(3-5)10(16)14(9(6)15)8-4-12-13-17-8/h1-4H,11H2. The van der Waals surface area contributed by atoms with Gasteiger partial charge in [0, 0.05) is 17.2 Å². The van der Waals surface area contributed by atoms with Crippen LogP contribution in [0.25, 0.3) is 0 Å². The molecular formula is C10H6N4O2S. The summed E-state index contributed by atoms with van der Waals surface area (Å²) in [7, 11) is 0. The van der Waals surface area contributed by atoms with E-state index in [1.807, 2.05) is 0 Å². The van der Waals surface area contributed by atoms with Crippen LogP contribution in [0.1, 0.15) is 20.7 Å². The molecule has 6 nitrogen and oxygen atoms in total. The first kappa shape index (κ1) is 9.91. The summed E-state index contributed by atoms with van der Waals surface area (Å²) in [5, 5.41) is 4.03. The monoisotopic (exact) mass is 246 g/mol. The molecule has 2 heterocycles. The summed E-state index contributed by atoms with van der Waals surface area (Å²) < 4.78 is 3.64. The fourth-order valence-electron chi connectivity index (χ4n) is 1.72. The molecule has 84 valence electrons. The highest BCUT2D eigenvalue weighted by Gasteiger charge is 2.37. The van der Waals surface area contributed by atoms with Crippen molar-refractivity contribution < 1.29 is 9.59 Å². The zero-order valence-electron chi connectivity index (χ0n) is 8.45. The minimum atomic E-state index is -0.386. The van der Waals surface area contributed by atoms with Crippen molar-refractivity contribution in [3.05, 3.63) is 35.5 Å². The van der Waals surface area contributed by atoms with Crippen LogP contribution in [0.5, 0.6) is 0 Å². The van der Waals surface area contributed by atoms with Gasteiger partial charge in [0.15, 0.2) is 0 Å². The fourth-order valence-corrected chi connectivity index (χ4v) is 2.24. The Hall–Kier alpha value is -2.28. The van der Waals surface area contributed by atoms with Crippen molar-refractivity contribution in [1.29, 1.82) is 0 Å². The first-order chi connectivity index (χ1) is 8.18. The average Bonchev–Trinajstić information content (AvgIpc) is 2.88. The second-order valence-corrected chi connectivity index (χ2v) is 4.27. The van der Waals surface area contributed by atoms with Gasteiger partial charge in [-0.1, -0.05) is 4.49 Å². The smallest absolute Gasteiger partial charge is 0.266 e. The number of nitrogen functional groups attached to an aromatic ring is 1. The van der Waals surface area contributed by atoms with Crippen molar-refractivity contribution in [1.82, 2.24) is 9.59 Å². The second kappa shape index (κ2) is 3.36. The number of amides is 2. The number of aromatic nitrogens is 2. The zero-order valence-corrected chi connectivity index (χ0v) is 9.27. The molecule has 0 atom stereocenters. The third-order valence-corrected chi connectivity index (χ3v) is 3.13. The Kier molecular flexibility index (Phi) is 1.96. The number of fused-ring (bicyclic) bond motifs is 1. The predicted octanol–water partition coefficient (Wildman–Crippen LogP) is 0.921. The van der Waals surface area contributed by atoms with E-state index in [0.29, 0.717) is 21.8 Å². The molecule has 2 amide bonds. The van der Waals surface area contributed by atoms with Gasteiger partial charge in [-0.2, -0.15) is 0 Å². The predicted molar refractivity (Wildman–Crippen MR) is 61.9 cm³/mol. The number of carbonyl (C=O) groups excluding carboxylic acids is 2. The van der Waals surface area contributed by atoms with E-state index < -0.39 is 0 Å². The molecule has 0 aliphatic carbocycles. The van der Waals surface area contributed by atoms with E-state index in [-0.39, 0.29) is 11.8 Å². The minimum Gasteiger partial charge on any atom is -0.399 e. The third kappa shape index (κ3) is 1.32. The Morgan fingerprint density at radius 3 is 2.65 bits per heavy atom. The topological polar surface area (TPSA) is 89.2 Å². The van der Waals surface area contributed by atoms with E-state index >= 15 is 0 Å². The van der Waals surface area contributed by atoms with Crippen molar-refractivity contribution >= 4 is 34.0 Å². The number of nitrogens with two attached hydrogens (primary N) is 1. The lowest BCUT2D eigenvalue weighted by Crippen LogP contribution is -2.28. The maximum atomic E-state index is 12.1. The molecule has 17 heavy (non-hydrogen) atoms. The summed E-state index contributed by atoms with van der Waals surface area (Å²) in [5.74, 6) is -0.751. The molecule has 2 aromatic rings. The Bertz CT molecular complexity index is 623. The van der Waals surface area contributed by atoms with Gasteiger partial charge in [0.1, 0.15) is 5.00 Å². The van der Waals surface area contributed by atoms with Crippen molar-refractivity contribution in [2.24, 2.45) is 0 Å². The largest absolute Gasteiger partial charge is 0.399 e. The quantitative estimate of drug-likeness (QED) is 0.597. The number of rotatable bonds is 1. The van der Waals surface area contributed by atoms with E-state index in [9.17, 15) is 9.59 Å². The van der Waals surface area contributed by atoms with Crippen LogP contribution in [0, 0.1) is 0 Å². The van der Waals surface area contributed by atoms with Crippen LogP contribution in [-0.4, -0.2) is 21.4 Å². The number of nitrogens with zero attached hydrogens (tertiary/aromatic N) is 3. The third-order valence-electron chi connectivity index (χ3n) is 2.48. The molecule has 1 aliphatic rings. The van der Waals surface area contributed by atoms with Crippen molar-refractivity contribution in [2.45, 2.75) is 0 Å². The average molecular weight is 246 g/mol. The Morgan fingerprint density at radius 1 is 1.18 bits per heavy atom. The SMILES string of the molecule is Nc1ccc2c(c1)C(=O)N(c1cnns1)C2=O. The number of imide groups is 1. The molecule has 2 N–H and O–H groups in total. The number of anilines is 2. The van der Waals surface area contributed by atoms with Crippen LogP contribution in [0.4, 0.5) is 10.7 Å². The summed E-state index contributed by atoms with van der Waals surface area (Å²) in [6, 6.07) is 4.65. The highest BCUT2D eigenvalue weighted by Crippen LogP contribution is 2.30. The lowest BCUT2D eigenvalue weighted by atomic mass is 10.1. The van der Waals surface area contributed by atoms with E-state index in [1.54, 1.807) is 12.1 Å². The molecule has 3 rings (SSSR count). The summed E-state index contributed by atoms with van der Waals surface area (Å²) in [6.07, 6.45) is 1.38. The molecule has 0 fully saturated rings.